The summed E-state index contributed by atoms with van der Waals surface area (Å²) in [5.74, 6) is -0.618. The van der Waals surface area contributed by atoms with E-state index in [9.17, 15) is 26.4 Å². The van der Waals surface area contributed by atoms with Gasteiger partial charge in [0.15, 0.2) is 0 Å². The van der Waals surface area contributed by atoms with Crippen molar-refractivity contribution in [3.8, 4) is 0 Å². The molecule has 3 N–H and O–H groups in total. The van der Waals surface area contributed by atoms with E-state index < -0.39 is 27.7 Å². The molecule has 134 valence electrons. The third kappa shape index (κ3) is 5.30. The molecule has 0 unspecified atom stereocenters. The van der Waals surface area contributed by atoms with E-state index in [1.807, 2.05) is 0 Å². The van der Waals surface area contributed by atoms with E-state index >= 15 is 0 Å². The number of halogens is 3. The lowest BCUT2D eigenvalue weighted by Gasteiger charge is -2.09. The highest BCUT2D eigenvalue weighted by Crippen LogP contribution is 2.29. The van der Waals surface area contributed by atoms with Crippen molar-refractivity contribution in [3.05, 3.63) is 65.2 Å². The monoisotopic (exact) mass is 372 g/mol. The average Bonchev–Trinajstić information content (AvgIpc) is 2.54. The Balaban J connectivity index is 1.95. The first-order valence-corrected chi connectivity index (χ1v) is 8.69. The highest BCUT2D eigenvalue weighted by atomic mass is 32.2. The van der Waals surface area contributed by atoms with E-state index in [-0.39, 0.29) is 17.0 Å². The number of benzene rings is 2. The van der Waals surface area contributed by atoms with Gasteiger partial charge in [0, 0.05) is 12.1 Å². The fraction of sp³-hybridized carbons (Fsp3) is 0.188. The molecule has 5 nitrogen and oxygen atoms in total. The molecule has 1 amide bonds. The van der Waals surface area contributed by atoms with Crippen LogP contribution in [0.1, 0.15) is 21.5 Å². The second kappa shape index (κ2) is 7.24. The van der Waals surface area contributed by atoms with Crippen LogP contribution in [0.4, 0.5) is 13.2 Å². The molecule has 2 rings (SSSR count). The predicted octanol–water partition coefficient (Wildman–Crippen LogP) is 2.33. The molecular weight excluding hydrogens is 357 g/mol. The summed E-state index contributed by atoms with van der Waals surface area (Å²) < 4.78 is 60.2. The third-order valence-electron chi connectivity index (χ3n) is 3.40. The Morgan fingerprint density at radius 1 is 1.08 bits per heavy atom. The summed E-state index contributed by atoms with van der Waals surface area (Å²) in [5, 5.41) is 7.51. The van der Waals surface area contributed by atoms with Gasteiger partial charge in [-0.25, -0.2) is 13.6 Å². The Hall–Kier alpha value is -2.39. The van der Waals surface area contributed by atoms with Crippen molar-refractivity contribution in [1.29, 1.82) is 0 Å². The molecule has 0 fully saturated rings. The van der Waals surface area contributed by atoms with Crippen LogP contribution in [0.2, 0.25) is 0 Å². The predicted molar refractivity (Wildman–Crippen MR) is 85.3 cm³/mol. The van der Waals surface area contributed by atoms with Gasteiger partial charge < -0.3 is 5.32 Å². The van der Waals surface area contributed by atoms with Crippen LogP contribution in [-0.2, 0) is 22.6 Å². The van der Waals surface area contributed by atoms with Crippen LogP contribution in [0.5, 0.6) is 0 Å². The summed E-state index contributed by atoms with van der Waals surface area (Å²) in [4.78, 5) is 11.9. The first-order valence-electron chi connectivity index (χ1n) is 7.14. The lowest BCUT2D eigenvalue weighted by Crippen LogP contribution is -2.26. The van der Waals surface area contributed by atoms with Gasteiger partial charge >= 0.3 is 6.18 Å². The summed E-state index contributed by atoms with van der Waals surface area (Å²) in [6.45, 7) is 0.184. The highest BCUT2D eigenvalue weighted by molar-refractivity contribution is 7.89. The first-order chi connectivity index (χ1) is 11.6. The Morgan fingerprint density at radius 3 is 2.28 bits per heavy atom. The Labute approximate surface area is 142 Å². The van der Waals surface area contributed by atoms with Gasteiger partial charge in [0.25, 0.3) is 5.91 Å². The summed E-state index contributed by atoms with van der Waals surface area (Å²) in [6.07, 6.45) is -4.13. The molecule has 0 aliphatic carbocycles. The number of amides is 1. The van der Waals surface area contributed by atoms with Crippen molar-refractivity contribution in [2.75, 3.05) is 6.54 Å². The largest absolute Gasteiger partial charge is 0.416 e. The molecule has 0 spiro atoms. The number of nitrogens with two attached hydrogens (primary N) is 1. The topological polar surface area (TPSA) is 89.3 Å². The molecule has 2 aromatic rings. The fourth-order valence-electron chi connectivity index (χ4n) is 2.10. The molecule has 9 heteroatoms. The molecule has 2 aromatic carbocycles. The molecule has 0 aliphatic heterocycles. The number of sulfonamides is 1. The van der Waals surface area contributed by atoms with Gasteiger partial charge in [-0.15, -0.1) is 0 Å². The van der Waals surface area contributed by atoms with Gasteiger partial charge in [-0.3, -0.25) is 4.79 Å². The second-order valence-electron chi connectivity index (χ2n) is 5.27. The van der Waals surface area contributed by atoms with Crippen LogP contribution in [0.3, 0.4) is 0 Å². The molecule has 0 bridgehead atoms. The zero-order chi connectivity index (χ0) is 18.7. The fourth-order valence-corrected chi connectivity index (χ4v) is 2.62. The van der Waals surface area contributed by atoms with Crippen molar-refractivity contribution >= 4 is 15.9 Å². The maximum Gasteiger partial charge on any atom is 0.416 e. The SMILES string of the molecule is NS(=O)(=O)c1ccc(CCNC(=O)c2cccc(C(F)(F)F)c2)cc1. The van der Waals surface area contributed by atoms with E-state index in [4.69, 9.17) is 5.14 Å². The van der Waals surface area contributed by atoms with Crippen molar-refractivity contribution < 1.29 is 26.4 Å². The molecule has 0 heterocycles. The van der Waals surface area contributed by atoms with E-state index in [1.165, 1.54) is 24.3 Å². The Kier molecular flexibility index (Phi) is 5.48. The molecule has 0 atom stereocenters. The molecule has 0 saturated heterocycles. The minimum absolute atomic E-state index is 0.0238. The van der Waals surface area contributed by atoms with Gasteiger partial charge in [-0.1, -0.05) is 18.2 Å². The summed E-state index contributed by atoms with van der Waals surface area (Å²) in [5.41, 5.74) is -0.227. The minimum Gasteiger partial charge on any atom is -0.352 e. The van der Waals surface area contributed by atoms with Crippen LogP contribution in [-0.4, -0.2) is 20.9 Å². The van der Waals surface area contributed by atoms with Crippen LogP contribution < -0.4 is 10.5 Å². The number of nitrogens with one attached hydrogen (secondary N) is 1. The Bertz CT molecular complexity index is 863. The maximum atomic E-state index is 12.6. The van der Waals surface area contributed by atoms with Gasteiger partial charge in [0.05, 0.1) is 10.5 Å². The van der Waals surface area contributed by atoms with Crippen molar-refractivity contribution in [3.63, 3.8) is 0 Å². The number of rotatable bonds is 5. The normalized spacial score (nSPS) is 12.0. The second-order valence-corrected chi connectivity index (χ2v) is 6.83. The van der Waals surface area contributed by atoms with Crippen LogP contribution >= 0.6 is 0 Å². The van der Waals surface area contributed by atoms with E-state index in [1.54, 1.807) is 12.1 Å². The molecule has 0 radical (unpaired) electrons. The van der Waals surface area contributed by atoms with E-state index in [0.717, 1.165) is 17.7 Å². The van der Waals surface area contributed by atoms with E-state index in [0.29, 0.717) is 6.42 Å². The molecule has 0 aliphatic rings. The molecule has 0 saturated carbocycles. The van der Waals surface area contributed by atoms with E-state index in [2.05, 4.69) is 5.32 Å². The standard InChI is InChI=1S/C16H15F3N2O3S/c17-16(18,19)13-3-1-2-12(10-13)15(22)21-9-8-11-4-6-14(7-5-11)25(20,23)24/h1-7,10H,8-9H2,(H,21,22)(H2,20,23,24). The molecular formula is C16H15F3N2O3S. The number of primary sulfonamides is 1. The highest BCUT2D eigenvalue weighted by Gasteiger charge is 2.30. The number of carbonyl (C=O) groups excluding carboxylic acids is 1. The van der Waals surface area contributed by atoms with Gasteiger partial charge in [-0.2, -0.15) is 13.2 Å². The minimum atomic E-state index is -4.51. The lowest BCUT2D eigenvalue weighted by atomic mass is 10.1. The average molecular weight is 372 g/mol. The number of hydrogen-bond donors (Lipinski definition) is 2. The van der Waals surface area contributed by atoms with Gasteiger partial charge in [-0.05, 0) is 42.3 Å². The van der Waals surface area contributed by atoms with Crippen molar-refractivity contribution in [2.24, 2.45) is 5.14 Å². The van der Waals surface area contributed by atoms with Crippen LogP contribution in [0.25, 0.3) is 0 Å². The number of carbonyl (C=O) groups is 1. The van der Waals surface area contributed by atoms with Gasteiger partial charge in [0.2, 0.25) is 10.0 Å². The number of hydrogen-bond acceptors (Lipinski definition) is 3. The third-order valence-corrected chi connectivity index (χ3v) is 4.33. The smallest absolute Gasteiger partial charge is 0.352 e. The van der Waals surface area contributed by atoms with Crippen molar-refractivity contribution in [2.45, 2.75) is 17.5 Å². The number of alkyl halides is 3. The van der Waals surface area contributed by atoms with Crippen LogP contribution in [0.15, 0.2) is 53.4 Å². The summed E-state index contributed by atoms with van der Waals surface area (Å²) >= 11 is 0. The Morgan fingerprint density at radius 2 is 1.72 bits per heavy atom. The zero-order valence-electron chi connectivity index (χ0n) is 12.9. The summed E-state index contributed by atoms with van der Waals surface area (Å²) in [6, 6.07) is 9.94. The first kappa shape index (κ1) is 18.9. The molecule has 25 heavy (non-hydrogen) atoms. The quantitative estimate of drug-likeness (QED) is 0.844. The van der Waals surface area contributed by atoms with Gasteiger partial charge in [0.1, 0.15) is 0 Å². The van der Waals surface area contributed by atoms with Crippen molar-refractivity contribution in [1.82, 2.24) is 5.32 Å². The zero-order valence-corrected chi connectivity index (χ0v) is 13.7. The van der Waals surface area contributed by atoms with Crippen LogP contribution in [0, 0.1) is 0 Å². The molecule has 0 aromatic heterocycles. The lowest BCUT2D eigenvalue weighted by molar-refractivity contribution is -0.137. The summed E-state index contributed by atoms with van der Waals surface area (Å²) in [7, 11) is -3.77. The maximum absolute atomic E-state index is 12.6.